The third-order valence-electron chi connectivity index (χ3n) is 2.76. The fourth-order valence-corrected chi connectivity index (χ4v) is 4.29. The molecule has 1 heterocycles. The molecule has 2 rings (SSSR count). The van der Waals surface area contributed by atoms with Crippen LogP contribution in [0.4, 0.5) is 5.69 Å². The smallest absolute Gasteiger partial charge is 0.345 e. The van der Waals surface area contributed by atoms with E-state index < -0.39 is 16.0 Å². The third kappa shape index (κ3) is 2.83. The lowest BCUT2D eigenvalue weighted by molar-refractivity contribution is 0.0702. The Morgan fingerprint density at radius 3 is 2.45 bits per heavy atom. The summed E-state index contributed by atoms with van der Waals surface area (Å²) in [6.45, 7) is 3.38. The Bertz CT molecular complexity index is 762. The lowest BCUT2D eigenvalue weighted by Gasteiger charge is -2.09. The zero-order chi connectivity index (χ0) is 14.9. The van der Waals surface area contributed by atoms with Gasteiger partial charge in [0.1, 0.15) is 9.77 Å². The zero-order valence-electron chi connectivity index (χ0n) is 10.9. The highest BCUT2D eigenvalue weighted by Crippen LogP contribution is 2.28. The molecule has 0 amide bonds. The van der Waals surface area contributed by atoms with Crippen molar-refractivity contribution in [1.82, 2.24) is 0 Å². The Labute approximate surface area is 120 Å². The van der Waals surface area contributed by atoms with Gasteiger partial charge < -0.3 is 5.11 Å². The van der Waals surface area contributed by atoms with E-state index in [9.17, 15) is 13.2 Å². The standard InChI is InChI=1S/C13H13NO4S2/c1-8-5-3-4-6-10(8)14-20(17,18)12-7-11(13(15)16)19-9(12)2/h3-7,14H,1-2H3,(H,15,16). The maximum Gasteiger partial charge on any atom is 0.345 e. The molecule has 7 heteroatoms. The molecular weight excluding hydrogens is 298 g/mol. The number of carboxylic acids is 1. The number of benzene rings is 1. The van der Waals surface area contributed by atoms with Gasteiger partial charge in [-0.05, 0) is 31.5 Å². The Balaban J connectivity index is 2.41. The number of aromatic carboxylic acids is 1. The number of anilines is 1. The summed E-state index contributed by atoms with van der Waals surface area (Å²) in [6, 6.07) is 8.18. The van der Waals surface area contributed by atoms with E-state index in [4.69, 9.17) is 5.11 Å². The third-order valence-corrected chi connectivity index (χ3v) is 5.42. The topological polar surface area (TPSA) is 83.5 Å². The van der Waals surface area contributed by atoms with Gasteiger partial charge in [0.05, 0.1) is 5.69 Å². The van der Waals surface area contributed by atoms with Crippen molar-refractivity contribution in [1.29, 1.82) is 0 Å². The van der Waals surface area contributed by atoms with E-state index in [2.05, 4.69) is 4.72 Å². The molecule has 0 saturated carbocycles. The predicted molar refractivity (Wildman–Crippen MR) is 78.0 cm³/mol. The first-order valence-electron chi connectivity index (χ1n) is 5.73. The number of nitrogens with one attached hydrogen (secondary N) is 1. The molecule has 0 saturated heterocycles. The second-order valence-electron chi connectivity index (χ2n) is 4.26. The van der Waals surface area contributed by atoms with Crippen LogP contribution in [-0.2, 0) is 10.0 Å². The van der Waals surface area contributed by atoms with Gasteiger partial charge in [0.15, 0.2) is 0 Å². The minimum absolute atomic E-state index is 0.00292. The summed E-state index contributed by atoms with van der Waals surface area (Å²) >= 11 is 0.945. The molecule has 0 spiro atoms. The maximum atomic E-state index is 12.3. The van der Waals surface area contributed by atoms with E-state index in [1.807, 2.05) is 6.07 Å². The highest BCUT2D eigenvalue weighted by atomic mass is 32.2. The molecule has 1 aromatic carbocycles. The van der Waals surface area contributed by atoms with E-state index in [0.29, 0.717) is 10.6 Å². The van der Waals surface area contributed by atoms with Crippen LogP contribution in [0.25, 0.3) is 0 Å². The second kappa shape index (κ2) is 5.26. The monoisotopic (exact) mass is 311 g/mol. The Morgan fingerprint density at radius 1 is 1.25 bits per heavy atom. The Kier molecular flexibility index (Phi) is 3.82. The normalized spacial score (nSPS) is 11.3. The van der Waals surface area contributed by atoms with Crippen LogP contribution < -0.4 is 4.72 Å². The summed E-state index contributed by atoms with van der Waals surface area (Å²) in [7, 11) is -3.78. The van der Waals surface area contributed by atoms with Crippen LogP contribution in [0.5, 0.6) is 0 Å². The van der Waals surface area contributed by atoms with E-state index in [1.54, 1.807) is 32.0 Å². The molecule has 0 unspecified atom stereocenters. The molecule has 0 radical (unpaired) electrons. The zero-order valence-corrected chi connectivity index (χ0v) is 12.5. The van der Waals surface area contributed by atoms with Crippen molar-refractivity contribution >= 4 is 33.0 Å². The average molecular weight is 311 g/mol. The molecule has 0 aliphatic heterocycles. The number of rotatable bonds is 4. The summed E-state index contributed by atoms with van der Waals surface area (Å²) in [5.74, 6) is -1.13. The number of aryl methyl sites for hydroxylation is 2. The lowest BCUT2D eigenvalue weighted by atomic mass is 10.2. The van der Waals surface area contributed by atoms with Crippen LogP contribution in [0.15, 0.2) is 35.2 Å². The molecule has 0 fully saturated rings. The first-order chi connectivity index (χ1) is 9.31. The first-order valence-corrected chi connectivity index (χ1v) is 8.03. The quantitative estimate of drug-likeness (QED) is 0.909. The molecule has 1 aromatic heterocycles. The number of hydrogen-bond acceptors (Lipinski definition) is 4. The van der Waals surface area contributed by atoms with Gasteiger partial charge in [-0.1, -0.05) is 18.2 Å². The van der Waals surface area contributed by atoms with Crippen molar-refractivity contribution in [3.8, 4) is 0 Å². The van der Waals surface area contributed by atoms with Crippen LogP contribution in [0.2, 0.25) is 0 Å². The molecule has 0 aliphatic carbocycles. The fourth-order valence-electron chi connectivity index (χ4n) is 1.72. The van der Waals surface area contributed by atoms with Crippen LogP contribution in [-0.4, -0.2) is 19.5 Å². The van der Waals surface area contributed by atoms with Crippen LogP contribution in [0.3, 0.4) is 0 Å². The number of para-hydroxylation sites is 1. The summed E-state index contributed by atoms with van der Waals surface area (Å²) in [4.78, 5) is 11.4. The summed E-state index contributed by atoms with van der Waals surface area (Å²) < 4.78 is 27.1. The first kappa shape index (κ1) is 14.5. The fraction of sp³-hybridized carbons (Fsp3) is 0.154. The minimum atomic E-state index is -3.78. The highest BCUT2D eigenvalue weighted by Gasteiger charge is 2.22. The van der Waals surface area contributed by atoms with Gasteiger partial charge in [0.25, 0.3) is 10.0 Å². The average Bonchev–Trinajstić information content (AvgIpc) is 2.75. The van der Waals surface area contributed by atoms with Gasteiger partial charge in [-0.2, -0.15) is 0 Å². The van der Waals surface area contributed by atoms with Crippen molar-refractivity contribution in [3.05, 3.63) is 45.6 Å². The van der Waals surface area contributed by atoms with E-state index >= 15 is 0 Å². The summed E-state index contributed by atoms with van der Waals surface area (Å²) in [5.41, 5.74) is 1.28. The Morgan fingerprint density at radius 2 is 1.90 bits per heavy atom. The van der Waals surface area contributed by atoms with Crippen molar-refractivity contribution in [2.24, 2.45) is 0 Å². The predicted octanol–water partition coefficient (Wildman–Crippen LogP) is 2.86. The van der Waals surface area contributed by atoms with E-state index in [1.165, 1.54) is 6.07 Å². The molecule has 20 heavy (non-hydrogen) atoms. The number of thiophene rings is 1. The number of carbonyl (C=O) groups is 1. The van der Waals surface area contributed by atoms with Gasteiger partial charge in [0.2, 0.25) is 0 Å². The molecule has 5 nitrogen and oxygen atoms in total. The Hall–Kier alpha value is -1.86. The van der Waals surface area contributed by atoms with Gasteiger partial charge in [-0.3, -0.25) is 4.72 Å². The second-order valence-corrected chi connectivity index (χ2v) is 7.16. The van der Waals surface area contributed by atoms with Crippen molar-refractivity contribution in [3.63, 3.8) is 0 Å². The van der Waals surface area contributed by atoms with Gasteiger partial charge in [-0.15, -0.1) is 11.3 Å². The van der Waals surface area contributed by atoms with Crippen LogP contribution in [0, 0.1) is 13.8 Å². The molecule has 0 bridgehead atoms. The molecule has 2 N–H and O–H groups in total. The lowest BCUT2D eigenvalue weighted by Crippen LogP contribution is -2.14. The summed E-state index contributed by atoms with van der Waals surface area (Å²) in [5, 5.41) is 8.92. The van der Waals surface area contributed by atoms with Gasteiger partial charge >= 0.3 is 5.97 Å². The van der Waals surface area contributed by atoms with Gasteiger partial charge in [0, 0.05) is 4.88 Å². The van der Waals surface area contributed by atoms with Crippen molar-refractivity contribution in [2.75, 3.05) is 4.72 Å². The number of sulfonamides is 1. The van der Waals surface area contributed by atoms with E-state index in [-0.39, 0.29) is 9.77 Å². The molecule has 0 aliphatic rings. The maximum absolute atomic E-state index is 12.3. The number of carboxylic acid groups (broad SMARTS) is 1. The number of hydrogen-bond donors (Lipinski definition) is 2. The van der Waals surface area contributed by atoms with Crippen LogP contribution >= 0.6 is 11.3 Å². The molecule has 2 aromatic rings. The van der Waals surface area contributed by atoms with Crippen LogP contribution in [0.1, 0.15) is 20.1 Å². The molecule has 0 atom stereocenters. The van der Waals surface area contributed by atoms with E-state index in [0.717, 1.165) is 16.9 Å². The van der Waals surface area contributed by atoms with Crippen molar-refractivity contribution < 1.29 is 18.3 Å². The molecular formula is C13H13NO4S2. The summed E-state index contributed by atoms with van der Waals surface area (Å²) in [6.07, 6.45) is 0. The SMILES string of the molecule is Cc1ccccc1NS(=O)(=O)c1cc(C(=O)O)sc1C. The van der Waals surface area contributed by atoms with Crippen molar-refractivity contribution in [2.45, 2.75) is 18.7 Å². The highest BCUT2D eigenvalue weighted by molar-refractivity contribution is 7.93. The molecule has 106 valence electrons. The minimum Gasteiger partial charge on any atom is -0.477 e. The van der Waals surface area contributed by atoms with Gasteiger partial charge in [-0.25, -0.2) is 13.2 Å². The largest absolute Gasteiger partial charge is 0.477 e.